The molecule has 2 heterocycles. The van der Waals surface area contributed by atoms with Crippen molar-refractivity contribution in [2.24, 2.45) is 7.05 Å². The first-order valence-corrected chi connectivity index (χ1v) is 14.5. The molecule has 0 radical (unpaired) electrons. The molecular formula is C26H25BrFN5O5S. The van der Waals surface area contributed by atoms with E-state index in [1.807, 2.05) is 0 Å². The first-order chi connectivity index (χ1) is 18.4. The van der Waals surface area contributed by atoms with Crippen molar-refractivity contribution in [1.82, 2.24) is 13.7 Å². The third-order valence-corrected chi connectivity index (χ3v) is 8.80. The molecule has 13 heteroatoms. The van der Waals surface area contributed by atoms with E-state index in [1.165, 1.54) is 60.4 Å². The second-order valence-electron chi connectivity index (χ2n) is 9.67. The van der Waals surface area contributed by atoms with Crippen LogP contribution in [0.3, 0.4) is 0 Å². The lowest BCUT2D eigenvalue weighted by Gasteiger charge is -2.19. The van der Waals surface area contributed by atoms with Gasteiger partial charge in [0.05, 0.1) is 28.0 Å². The smallest absolute Gasteiger partial charge is 0.337 e. The van der Waals surface area contributed by atoms with Crippen molar-refractivity contribution in [2.45, 2.75) is 38.0 Å². The highest BCUT2D eigenvalue weighted by molar-refractivity contribution is 9.10. The number of sulfonamides is 1. The van der Waals surface area contributed by atoms with Crippen LogP contribution < -0.4 is 26.8 Å². The Hall–Kier alpha value is -3.71. The highest BCUT2D eigenvalue weighted by atomic mass is 79.9. The first-order valence-electron chi connectivity index (χ1n) is 12.1. The van der Waals surface area contributed by atoms with Gasteiger partial charge in [0.15, 0.2) is 0 Å². The number of pyridine rings is 1. The van der Waals surface area contributed by atoms with Crippen molar-refractivity contribution in [3.63, 3.8) is 0 Å². The van der Waals surface area contributed by atoms with Crippen LogP contribution in [0.25, 0.3) is 16.7 Å². The molecule has 0 unspecified atom stereocenters. The zero-order chi connectivity index (χ0) is 28.2. The van der Waals surface area contributed by atoms with Gasteiger partial charge < -0.3 is 5.32 Å². The van der Waals surface area contributed by atoms with Gasteiger partial charge >= 0.3 is 5.69 Å². The summed E-state index contributed by atoms with van der Waals surface area (Å²) in [4.78, 5) is 40.6. The quantitative estimate of drug-likeness (QED) is 0.323. The monoisotopic (exact) mass is 617 g/mol. The van der Waals surface area contributed by atoms with Gasteiger partial charge in [-0.15, -0.1) is 0 Å². The van der Waals surface area contributed by atoms with Crippen LogP contribution in [0.15, 0.2) is 67.4 Å². The molecule has 4 aromatic rings. The van der Waals surface area contributed by atoms with Crippen LogP contribution in [0.4, 0.5) is 21.5 Å². The topological polar surface area (TPSA) is 124 Å². The van der Waals surface area contributed by atoms with Gasteiger partial charge in [0.2, 0.25) is 10.0 Å². The van der Waals surface area contributed by atoms with Gasteiger partial charge in [0.1, 0.15) is 16.9 Å². The molecule has 1 fully saturated rings. The summed E-state index contributed by atoms with van der Waals surface area (Å²) in [6.07, 6.45) is 1.26. The van der Waals surface area contributed by atoms with Gasteiger partial charge in [-0.1, -0.05) is 22.0 Å². The molecule has 0 saturated heterocycles. The molecular weight excluding hydrogens is 593 g/mol. The van der Waals surface area contributed by atoms with Gasteiger partial charge in [0.25, 0.3) is 11.1 Å². The minimum Gasteiger partial charge on any atom is -0.352 e. The molecule has 0 spiro atoms. The minimum absolute atomic E-state index is 0.0130. The highest BCUT2D eigenvalue weighted by Crippen LogP contribution is 2.34. The summed E-state index contributed by atoms with van der Waals surface area (Å²) in [5.74, 6) is -0.612. The zero-order valence-electron chi connectivity index (χ0n) is 21.2. The number of nitrogens with zero attached hydrogens (tertiary/aromatic N) is 3. The average molecular weight is 618 g/mol. The maximum absolute atomic E-state index is 14.7. The Balaban J connectivity index is 1.82. The number of aromatic nitrogens is 3. The van der Waals surface area contributed by atoms with Gasteiger partial charge in [-0.05, 0) is 63.1 Å². The Morgan fingerprint density at radius 3 is 2.38 bits per heavy atom. The fraction of sp³-hybridized carbons (Fsp3) is 0.269. The van der Waals surface area contributed by atoms with Crippen LogP contribution in [0.2, 0.25) is 0 Å². The molecule has 1 saturated carbocycles. The van der Waals surface area contributed by atoms with E-state index in [4.69, 9.17) is 0 Å². The molecule has 204 valence electrons. The van der Waals surface area contributed by atoms with E-state index in [2.05, 4.69) is 26.0 Å². The lowest BCUT2D eigenvalue weighted by Crippen LogP contribution is -2.41. The third kappa shape index (κ3) is 4.91. The summed E-state index contributed by atoms with van der Waals surface area (Å²) >= 11 is 3.21. The Kier molecular flexibility index (Phi) is 6.75. The molecule has 39 heavy (non-hydrogen) atoms. The molecule has 0 aliphatic heterocycles. The van der Waals surface area contributed by atoms with Crippen molar-refractivity contribution in [1.29, 1.82) is 0 Å². The largest absolute Gasteiger partial charge is 0.352 e. The third-order valence-electron chi connectivity index (χ3n) is 6.55. The Bertz CT molecular complexity index is 1930. The molecule has 2 aromatic carbocycles. The van der Waals surface area contributed by atoms with Gasteiger partial charge in [0, 0.05) is 23.6 Å². The van der Waals surface area contributed by atoms with Crippen LogP contribution >= 0.6 is 15.9 Å². The summed E-state index contributed by atoms with van der Waals surface area (Å²) in [6, 6.07) is 11.3. The highest BCUT2D eigenvalue weighted by Gasteiger charge is 2.31. The number of rotatable bonds is 7. The van der Waals surface area contributed by atoms with Gasteiger partial charge in [-0.25, -0.2) is 22.2 Å². The zero-order valence-corrected chi connectivity index (χ0v) is 23.6. The number of hydrogen-bond donors (Lipinski definition) is 2. The number of fused-ring (bicyclic) bond motifs is 1. The first kappa shape index (κ1) is 26.9. The molecule has 0 atom stereocenters. The molecule has 2 aromatic heterocycles. The van der Waals surface area contributed by atoms with E-state index < -0.39 is 37.9 Å². The normalized spacial score (nSPS) is 13.7. The van der Waals surface area contributed by atoms with Crippen LogP contribution in [0.1, 0.15) is 32.7 Å². The van der Waals surface area contributed by atoms with Crippen molar-refractivity contribution >= 4 is 54.0 Å². The summed E-state index contributed by atoms with van der Waals surface area (Å²) < 4.78 is 46.2. The van der Waals surface area contributed by atoms with Crippen LogP contribution in [0, 0.1) is 5.82 Å². The SMILES string of the molecule is CC(C)S(=O)(=O)Nc1cccc(-n2c(=O)n(C3CC3)c(=O)c3c(Nc4ccc(Br)cc4F)cc(=O)n(C)c32)c1. The second-order valence-corrected chi connectivity index (χ2v) is 12.8. The number of aryl methyl sites for hydroxylation is 1. The van der Waals surface area contributed by atoms with E-state index in [9.17, 15) is 27.2 Å². The second kappa shape index (κ2) is 9.79. The van der Waals surface area contributed by atoms with Crippen molar-refractivity contribution in [2.75, 3.05) is 10.0 Å². The average Bonchev–Trinajstić information content (AvgIpc) is 3.69. The van der Waals surface area contributed by atoms with Crippen LogP contribution in [0.5, 0.6) is 0 Å². The van der Waals surface area contributed by atoms with Crippen LogP contribution in [-0.2, 0) is 17.1 Å². The predicted octanol–water partition coefficient (Wildman–Crippen LogP) is 3.98. The van der Waals surface area contributed by atoms with Crippen molar-refractivity contribution < 1.29 is 12.8 Å². The number of hydrogen-bond acceptors (Lipinski definition) is 6. The lowest BCUT2D eigenvalue weighted by molar-refractivity contribution is 0.593. The van der Waals surface area contributed by atoms with E-state index in [1.54, 1.807) is 18.2 Å². The lowest BCUT2D eigenvalue weighted by atomic mass is 10.2. The van der Waals surface area contributed by atoms with E-state index in [0.717, 1.165) is 4.57 Å². The number of anilines is 3. The Labute approximate surface area is 230 Å². The van der Waals surface area contributed by atoms with Gasteiger partial charge in [-0.3, -0.25) is 23.4 Å². The summed E-state index contributed by atoms with van der Waals surface area (Å²) in [5, 5.41) is 2.18. The molecule has 2 N–H and O–H groups in total. The van der Waals surface area contributed by atoms with Crippen molar-refractivity contribution in [3.8, 4) is 5.69 Å². The summed E-state index contributed by atoms with van der Waals surface area (Å²) in [6.45, 7) is 3.07. The summed E-state index contributed by atoms with van der Waals surface area (Å²) in [7, 11) is -2.25. The minimum atomic E-state index is -3.68. The van der Waals surface area contributed by atoms with Crippen LogP contribution in [-0.4, -0.2) is 27.4 Å². The van der Waals surface area contributed by atoms with Crippen molar-refractivity contribution in [3.05, 3.63) is 90.0 Å². The molecule has 10 nitrogen and oxygen atoms in total. The van der Waals surface area contributed by atoms with Gasteiger partial charge in [-0.2, -0.15) is 0 Å². The standard InChI is InChI=1S/C26H25BrFN5O5S/c1-14(2)39(37,38)30-16-5-4-6-18(12-16)32-24-23(25(35)33(26(32)36)17-8-9-17)21(13-22(34)31(24)3)29-20-10-7-15(27)11-19(20)28/h4-7,10-14,17,29-30H,8-9H2,1-3H3. The fourth-order valence-electron chi connectivity index (χ4n) is 4.28. The molecule has 5 rings (SSSR count). The molecule has 1 aliphatic rings. The fourth-order valence-corrected chi connectivity index (χ4v) is 5.30. The maximum Gasteiger partial charge on any atom is 0.337 e. The number of benzene rings is 2. The molecule has 1 aliphatic carbocycles. The number of nitrogens with one attached hydrogen (secondary N) is 2. The maximum atomic E-state index is 14.7. The molecule has 0 amide bonds. The Morgan fingerprint density at radius 1 is 1.03 bits per heavy atom. The Morgan fingerprint density at radius 2 is 1.74 bits per heavy atom. The van der Waals surface area contributed by atoms with E-state index in [-0.39, 0.29) is 39.8 Å². The molecule has 0 bridgehead atoms. The number of halogens is 2. The van der Waals surface area contributed by atoms with E-state index in [0.29, 0.717) is 17.3 Å². The predicted molar refractivity (Wildman–Crippen MR) is 152 cm³/mol. The van der Waals surface area contributed by atoms with E-state index >= 15 is 0 Å². The summed E-state index contributed by atoms with van der Waals surface area (Å²) in [5.41, 5.74) is -1.31.